The Kier molecular flexibility index (Phi) is 4.52. The first-order chi connectivity index (χ1) is 5.91. The van der Waals surface area contributed by atoms with E-state index >= 15 is 0 Å². The summed E-state index contributed by atoms with van der Waals surface area (Å²) >= 11 is 0. The molecule has 0 saturated heterocycles. The number of alkyl halides is 3. The number of carbonyl (C=O) groups is 1. The molecule has 6 heteroatoms. The third-order valence-corrected chi connectivity index (χ3v) is 1.44. The van der Waals surface area contributed by atoms with Crippen LogP contribution in [-0.4, -0.2) is 37.3 Å². The molecule has 0 spiro atoms. The Balaban J connectivity index is 0.00000169. The van der Waals surface area contributed by atoms with Crippen molar-refractivity contribution < 1.29 is 23.1 Å². The maximum atomic E-state index is 12.0. The van der Waals surface area contributed by atoms with Gasteiger partial charge in [0.25, 0.3) is 0 Å². The minimum Gasteiger partial charge on any atom is -0.478 e. The second-order valence-electron chi connectivity index (χ2n) is 2.38. The first kappa shape index (κ1) is 13.4. The van der Waals surface area contributed by atoms with Crippen molar-refractivity contribution in [3.05, 3.63) is 35.4 Å². The van der Waals surface area contributed by atoms with Gasteiger partial charge in [-0.1, -0.05) is 6.07 Å². The van der Waals surface area contributed by atoms with Crippen LogP contribution in [0.4, 0.5) is 13.2 Å². The van der Waals surface area contributed by atoms with E-state index < -0.39 is 17.7 Å². The fraction of sp³-hybridized carbons (Fsp3) is 0.125. The van der Waals surface area contributed by atoms with Crippen molar-refractivity contribution >= 4 is 32.2 Å². The van der Waals surface area contributed by atoms with Crippen LogP contribution < -0.4 is 0 Å². The summed E-state index contributed by atoms with van der Waals surface area (Å²) in [6, 6.07) is 3.60. The van der Waals surface area contributed by atoms with Gasteiger partial charge in [-0.3, -0.25) is 0 Å². The maximum Gasteiger partial charge on any atom is 0.416 e. The van der Waals surface area contributed by atoms with Crippen LogP contribution in [0.25, 0.3) is 0 Å². The Labute approximate surface area is 96.9 Å². The molecule has 2 nitrogen and oxygen atoms in total. The van der Waals surface area contributed by atoms with Gasteiger partial charge in [0.2, 0.25) is 0 Å². The molecular formula is C8H5BiF3O2. The van der Waals surface area contributed by atoms with Crippen molar-refractivity contribution in [2.24, 2.45) is 0 Å². The minimum atomic E-state index is -4.49. The van der Waals surface area contributed by atoms with E-state index in [4.69, 9.17) is 5.11 Å². The molecule has 0 fully saturated rings. The fourth-order valence-corrected chi connectivity index (χ4v) is 0.829. The third-order valence-electron chi connectivity index (χ3n) is 1.44. The van der Waals surface area contributed by atoms with Crippen molar-refractivity contribution in [1.82, 2.24) is 0 Å². The van der Waals surface area contributed by atoms with E-state index in [2.05, 4.69) is 0 Å². The quantitative estimate of drug-likeness (QED) is 0.735. The molecule has 1 aromatic rings. The van der Waals surface area contributed by atoms with Crippen LogP contribution in [0.1, 0.15) is 15.9 Å². The van der Waals surface area contributed by atoms with E-state index in [0.717, 1.165) is 18.2 Å². The molecule has 0 aromatic heterocycles. The molecule has 1 N–H and O–H groups in total. The number of benzene rings is 1. The van der Waals surface area contributed by atoms with Gasteiger partial charge < -0.3 is 5.11 Å². The zero-order valence-corrected chi connectivity index (χ0v) is 10.2. The Morgan fingerprint density at radius 3 is 2.29 bits per heavy atom. The van der Waals surface area contributed by atoms with Crippen LogP contribution >= 0.6 is 0 Å². The summed E-state index contributed by atoms with van der Waals surface area (Å²) in [6.45, 7) is 0. The Bertz CT molecular complexity index is 336. The average molecular weight is 399 g/mol. The number of hydrogen-bond acceptors (Lipinski definition) is 1. The van der Waals surface area contributed by atoms with Crippen LogP contribution in [0.2, 0.25) is 0 Å². The van der Waals surface area contributed by atoms with E-state index in [-0.39, 0.29) is 31.8 Å². The van der Waals surface area contributed by atoms with Gasteiger partial charge in [-0.25, -0.2) is 4.79 Å². The maximum absolute atomic E-state index is 12.0. The fourth-order valence-electron chi connectivity index (χ4n) is 0.829. The number of carboxylic acid groups (broad SMARTS) is 1. The van der Waals surface area contributed by atoms with Gasteiger partial charge in [0.05, 0.1) is 11.1 Å². The molecule has 1 rings (SSSR count). The molecule has 0 saturated carbocycles. The molecule has 0 heterocycles. The zero-order chi connectivity index (χ0) is 10.1. The van der Waals surface area contributed by atoms with Crippen LogP contribution in [0.15, 0.2) is 24.3 Å². The van der Waals surface area contributed by atoms with E-state index in [0.29, 0.717) is 6.07 Å². The van der Waals surface area contributed by atoms with Crippen molar-refractivity contribution in [3.8, 4) is 0 Å². The molecule has 0 atom stereocenters. The summed E-state index contributed by atoms with van der Waals surface area (Å²) in [6.07, 6.45) is -4.49. The van der Waals surface area contributed by atoms with E-state index in [9.17, 15) is 18.0 Å². The van der Waals surface area contributed by atoms with Gasteiger partial charge in [-0.05, 0) is 18.2 Å². The van der Waals surface area contributed by atoms with Crippen molar-refractivity contribution in [2.75, 3.05) is 0 Å². The van der Waals surface area contributed by atoms with Gasteiger partial charge in [0.15, 0.2) is 0 Å². The number of halogens is 3. The summed E-state index contributed by atoms with van der Waals surface area (Å²) in [7, 11) is 0. The summed E-state index contributed by atoms with van der Waals surface area (Å²) < 4.78 is 36.1. The van der Waals surface area contributed by atoms with Gasteiger partial charge in [-0.15, -0.1) is 0 Å². The van der Waals surface area contributed by atoms with Crippen LogP contribution in [-0.2, 0) is 6.18 Å². The molecule has 0 bridgehead atoms. The van der Waals surface area contributed by atoms with E-state index in [1.807, 2.05) is 0 Å². The van der Waals surface area contributed by atoms with E-state index in [1.54, 1.807) is 0 Å². The number of aromatic carboxylic acids is 1. The summed E-state index contributed by atoms with van der Waals surface area (Å²) in [5.74, 6) is -1.37. The normalized spacial score (nSPS) is 10.5. The van der Waals surface area contributed by atoms with Crippen molar-refractivity contribution in [2.45, 2.75) is 6.18 Å². The third kappa shape index (κ3) is 3.25. The topological polar surface area (TPSA) is 37.3 Å². The molecule has 0 aliphatic heterocycles. The van der Waals surface area contributed by atoms with Crippen LogP contribution in [0.5, 0.6) is 0 Å². The summed E-state index contributed by atoms with van der Waals surface area (Å²) in [4.78, 5) is 10.3. The number of carboxylic acids is 1. The predicted octanol–water partition coefficient (Wildman–Crippen LogP) is 2.02. The second-order valence-corrected chi connectivity index (χ2v) is 2.38. The number of rotatable bonds is 1. The van der Waals surface area contributed by atoms with Gasteiger partial charge in [0, 0.05) is 26.2 Å². The smallest absolute Gasteiger partial charge is 0.416 e. The Morgan fingerprint density at radius 1 is 1.29 bits per heavy atom. The molecule has 0 unspecified atom stereocenters. The Hall–Kier alpha value is -0.637. The monoisotopic (exact) mass is 399 g/mol. The summed E-state index contributed by atoms with van der Waals surface area (Å²) in [5, 5.41) is 8.41. The zero-order valence-electron chi connectivity index (χ0n) is 6.75. The SMILES string of the molecule is O=C(O)c1cccc(C(F)(F)F)c1.[Bi]. The van der Waals surface area contributed by atoms with Gasteiger partial charge in [-0.2, -0.15) is 13.2 Å². The molecule has 3 radical (unpaired) electrons. The predicted molar refractivity (Wildman–Crippen MR) is 44.2 cm³/mol. The molecule has 1 aromatic carbocycles. The molecule has 14 heavy (non-hydrogen) atoms. The average Bonchev–Trinajstić information content (AvgIpc) is 2.03. The van der Waals surface area contributed by atoms with Gasteiger partial charge in [0.1, 0.15) is 0 Å². The first-order valence-electron chi connectivity index (χ1n) is 3.32. The standard InChI is InChI=1S/C8H5F3O2.Bi/c9-8(10,11)6-3-1-2-5(4-6)7(12)13;/h1-4H,(H,12,13);. The molecular weight excluding hydrogens is 394 g/mol. The molecule has 0 aliphatic carbocycles. The molecule has 0 aliphatic rings. The van der Waals surface area contributed by atoms with Crippen LogP contribution in [0, 0.1) is 0 Å². The molecule has 75 valence electrons. The van der Waals surface area contributed by atoms with Crippen molar-refractivity contribution in [3.63, 3.8) is 0 Å². The number of hydrogen-bond donors (Lipinski definition) is 1. The van der Waals surface area contributed by atoms with Gasteiger partial charge >= 0.3 is 12.1 Å². The van der Waals surface area contributed by atoms with E-state index in [1.165, 1.54) is 0 Å². The molecule has 0 amide bonds. The first-order valence-corrected chi connectivity index (χ1v) is 3.32. The van der Waals surface area contributed by atoms with Crippen LogP contribution in [0.3, 0.4) is 0 Å². The summed E-state index contributed by atoms with van der Waals surface area (Å²) in [5.41, 5.74) is -1.32. The van der Waals surface area contributed by atoms with Crippen molar-refractivity contribution in [1.29, 1.82) is 0 Å². The Morgan fingerprint density at radius 2 is 1.86 bits per heavy atom. The minimum absolute atomic E-state index is 0. The largest absolute Gasteiger partial charge is 0.478 e. The second kappa shape index (κ2) is 4.73.